The minimum absolute atomic E-state index is 0.0711. The van der Waals surface area contributed by atoms with Crippen molar-refractivity contribution < 1.29 is 33.7 Å². The second-order valence-electron chi connectivity index (χ2n) is 7.14. The van der Waals surface area contributed by atoms with Gasteiger partial charge in [0.1, 0.15) is 24.1 Å². The Kier molecular flexibility index (Phi) is 4.59. The highest BCUT2D eigenvalue weighted by molar-refractivity contribution is 6.00. The largest absolute Gasteiger partial charge is 0.476 e. The lowest BCUT2D eigenvalue weighted by Gasteiger charge is -2.36. The average Bonchev–Trinajstić information content (AvgIpc) is 3.08. The van der Waals surface area contributed by atoms with Crippen LogP contribution < -0.4 is 0 Å². The highest BCUT2D eigenvalue weighted by Crippen LogP contribution is 2.42. The van der Waals surface area contributed by atoms with Gasteiger partial charge in [-0.1, -0.05) is 12.7 Å². The number of fused-ring (bicyclic) bond motifs is 3. The van der Waals surface area contributed by atoms with E-state index in [-0.39, 0.29) is 11.3 Å². The van der Waals surface area contributed by atoms with Gasteiger partial charge in [-0.2, -0.15) is 0 Å². The number of aliphatic hydroxyl groups excluding tert-OH is 1. The summed E-state index contributed by atoms with van der Waals surface area (Å²) >= 11 is 0. The summed E-state index contributed by atoms with van der Waals surface area (Å²) in [6.45, 7) is 10.1. The van der Waals surface area contributed by atoms with E-state index in [0.717, 1.165) is 0 Å². The van der Waals surface area contributed by atoms with Crippen LogP contribution >= 0.6 is 0 Å². The molecule has 5 atom stereocenters. The first-order chi connectivity index (χ1) is 12.6. The third kappa shape index (κ3) is 2.92. The maximum Gasteiger partial charge on any atom is 0.334 e. The summed E-state index contributed by atoms with van der Waals surface area (Å²) in [5.41, 5.74) is -0.681. The molecule has 0 aliphatic carbocycles. The number of carbonyl (C=O) groups is 3. The van der Waals surface area contributed by atoms with Crippen molar-refractivity contribution in [2.24, 2.45) is 5.92 Å². The van der Waals surface area contributed by atoms with Crippen molar-refractivity contribution in [2.45, 2.75) is 51.6 Å². The number of ether oxygens (including phenoxy) is 3. The van der Waals surface area contributed by atoms with Crippen molar-refractivity contribution in [3.8, 4) is 0 Å². The molecule has 3 heterocycles. The van der Waals surface area contributed by atoms with E-state index >= 15 is 0 Å². The second-order valence-corrected chi connectivity index (χ2v) is 7.14. The molecule has 144 valence electrons. The number of ketones is 1. The molecule has 0 amide bonds. The van der Waals surface area contributed by atoms with Crippen molar-refractivity contribution >= 4 is 17.7 Å². The molecule has 1 fully saturated rings. The lowest BCUT2D eigenvalue weighted by atomic mass is 9.80. The van der Waals surface area contributed by atoms with Gasteiger partial charge in [-0.3, -0.25) is 4.79 Å². The predicted molar refractivity (Wildman–Crippen MR) is 94.2 cm³/mol. The Morgan fingerprint density at radius 3 is 2.70 bits per heavy atom. The number of aliphatic hydroxyl groups is 1. The molecule has 1 saturated heterocycles. The topological polar surface area (TPSA) is 99.1 Å². The van der Waals surface area contributed by atoms with Crippen molar-refractivity contribution in [1.82, 2.24) is 0 Å². The van der Waals surface area contributed by atoms with E-state index in [9.17, 15) is 19.5 Å². The maximum absolute atomic E-state index is 12.5. The lowest BCUT2D eigenvalue weighted by molar-refractivity contribution is -0.175. The van der Waals surface area contributed by atoms with Gasteiger partial charge in [-0.25, -0.2) is 9.59 Å². The molecule has 3 aliphatic heterocycles. The Labute approximate surface area is 157 Å². The molecule has 0 aromatic heterocycles. The molecule has 27 heavy (non-hydrogen) atoms. The molecule has 3 rings (SSSR count). The van der Waals surface area contributed by atoms with Crippen molar-refractivity contribution in [3.63, 3.8) is 0 Å². The molecule has 0 saturated carbocycles. The Balaban J connectivity index is 2.12. The fourth-order valence-corrected chi connectivity index (χ4v) is 3.41. The summed E-state index contributed by atoms with van der Waals surface area (Å²) in [5, 5.41) is 11.0. The third-order valence-electron chi connectivity index (χ3n) is 5.37. The summed E-state index contributed by atoms with van der Waals surface area (Å²) < 4.78 is 16.6. The Morgan fingerprint density at radius 2 is 2.07 bits per heavy atom. The van der Waals surface area contributed by atoms with E-state index in [1.54, 1.807) is 32.9 Å². The molecular formula is C20H22O7. The fraction of sp³-hybridized carbons (Fsp3) is 0.450. The van der Waals surface area contributed by atoms with Gasteiger partial charge in [0, 0.05) is 17.2 Å². The summed E-state index contributed by atoms with van der Waals surface area (Å²) in [5.74, 6) is -2.32. The lowest BCUT2D eigenvalue weighted by Crippen LogP contribution is -2.55. The molecule has 0 aromatic rings. The van der Waals surface area contributed by atoms with Gasteiger partial charge >= 0.3 is 11.9 Å². The van der Waals surface area contributed by atoms with Gasteiger partial charge in [-0.05, 0) is 39.3 Å². The van der Waals surface area contributed by atoms with Gasteiger partial charge in [-0.15, -0.1) is 0 Å². The summed E-state index contributed by atoms with van der Waals surface area (Å²) in [4.78, 5) is 37.1. The molecule has 0 spiro atoms. The van der Waals surface area contributed by atoms with Crippen LogP contribution in [0.15, 0.2) is 47.3 Å². The molecule has 3 aliphatic rings. The SMILES string of the molecule is C=C1C(=O)O[C@H]2/C=C(/C)C3=CC(=O)[C@](C)(O3)[C@@H](O)[C@@H](OC(=O)/C(C)=C\C)[C@@H]12. The van der Waals surface area contributed by atoms with Crippen LogP contribution in [0.3, 0.4) is 0 Å². The smallest absolute Gasteiger partial charge is 0.334 e. The zero-order valence-corrected chi connectivity index (χ0v) is 15.6. The molecule has 2 bridgehead atoms. The van der Waals surface area contributed by atoms with Crippen LogP contribution in [0.1, 0.15) is 27.7 Å². The highest BCUT2D eigenvalue weighted by atomic mass is 16.6. The van der Waals surface area contributed by atoms with E-state index < -0.39 is 47.6 Å². The third-order valence-corrected chi connectivity index (χ3v) is 5.37. The number of rotatable bonds is 2. The number of hydrogen-bond donors (Lipinski definition) is 1. The standard InChI is InChI=1S/C20H22O7/c1-6-9(2)18(23)26-16-15-11(4)19(24)25-13(15)7-10(3)12-8-14(21)20(5,27-12)17(16)22/h6-8,13,15-17,22H,4H2,1-3,5H3/b9-6-,10-7-/t13-,15-,16-,17-,20-/m0/s1. The van der Waals surface area contributed by atoms with Gasteiger partial charge in [0.05, 0.1) is 5.92 Å². The monoisotopic (exact) mass is 374 g/mol. The van der Waals surface area contributed by atoms with Crippen LogP contribution in [0.25, 0.3) is 0 Å². The minimum Gasteiger partial charge on any atom is -0.476 e. The molecule has 7 heteroatoms. The number of carbonyl (C=O) groups excluding carboxylic acids is 3. The van der Waals surface area contributed by atoms with Crippen LogP contribution in [-0.2, 0) is 28.6 Å². The first-order valence-corrected chi connectivity index (χ1v) is 8.65. The van der Waals surface area contributed by atoms with E-state index in [1.165, 1.54) is 13.0 Å². The number of esters is 2. The Bertz CT molecular complexity index is 831. The molecular weight excluding hydrogens is 352 g/mol. The molecule has 1 N–H and O–H groups in total. The van der Waals surface area contributed by atoms with E-state index in [2.05, 4.69) is 6.58 Å². The van der Waals surface area contributed by atoms with Crippen molar-refractivity contribution in [2.75, 3.05) is 0 Å². The van der Waals surface area contributed by atoms with Crippen molar-refractivity contribution in [1.29, 1.82) is 0 Å². The molecule has 0 radical (unpaired) electrons. The van der Waals surface area contributed by atoms with E-state index in [0.29, 0.717) is 11.1 Å². The average molecular weight is 374 g/mol. The van der Waals surface area contributed by atoms with Crippen LogP contribution in [0.5, 0.6) is 0 Å². The summed E-state index contributed by atoms with van der Waals surface area (Å²) in [6, 6.07) is 0. The van der Waals surface area contributed by atoms with E-state index in [4.69, 9.17) is 14.2 Å². The zero-order chi connectivity index (χ0) is 20.1. The summed E-state index contributed by atoms with van der Waals surface area (Å²) in [7, 11) is 0. The van der Waals surface area contributed by atoms with Gasteiger partial charge in [0.25, 0.3) is 0 Å². The van der Waals surface area contributed by atoms with Gasteiger partial charge in [0.15, 0.2) is 5.60 Å². The second kappa shape index (κ2) is 6.49. The predicted octanol–water partition coefficient (Wildman–Crippen LogP) is 1.52. The molecule has 7 nitrogen and oxygen atoms in total. The van der Waals surface area contributed by atoms with Crippen LogP contribution in [0.2, 0.25) is 0 Å². The number of allylic oxidation sites excluding steroid dienone is 2. The van der Waals surface area contributed by atoms with Crippen molar-refractivity contribution in [3.05, 3.63) is 47.3 Å². The van der Waals surface area contributed by atoms with Crippen LogP contribution in [0.4, 0.5) is 0 Å². The van der Waals surface area contributed by atoms with Crippen LogP contribution in [-0.4, -0.2) is 46.7 Å². The first kappa shape index (κ1) is 19.1. The van der Waals surface area contributed by atoms with Gasteiger partial charge in [0.2, 0.25) is 5.78 Å². The Hall–Kier alpha value is -2.67. The van der Waals surface area contributed by atoms with E-state index in [1.807, 2.05) is 0 Å². The molecule has 0 unspecified atom stereocenters. The Morgan fingerprint density at radius 1 is 1.41 bits per heavy atom. The highest BCUT2D eigenvalue weighted by Gasteiger charge is 2.57. The first-order valence-electron chi connectivity index (χ1n) is 8.65. The quantitative estimate of drug-likeness (QED) is 0.578. The zero-order valence-electron chi connectivity index (χ0n) is 15.6. The van der Waals surface area contributed by atoms with Gasteiger partial charge < -0.3 is 19.3 Å². The fourth-order valence-electron chi connectivity index (χ4n) is 3.41. The molecule has 0 aromatic carbocycles. The van der Waals surface area contributed by atoms with Crippen LogP contribution in [0, 0.1) is 5.92 Å². The number of hydrogen-bond acceptors (Lipinski definition) is 7. The maximum atomic E-state index is 12.5. The normalized spacial score (nSPS) is 37.8. The summed E-state index contributed by atoms with van der Waals surface area (Å²) in [6.07, 6.45) is 0.871. The minimum atomic E-state index is -1.65.